The lowest BCUT2D eigenvalue weighted by molar-refractivity contribution is 0.652. The number of benzene rings is 7. The SMILES string of the molecule is Cc1ccc(N(c2ccc(C#N)cc2)c2cc(C)c3c(c2)C(C)(C)c2cc4c(cc2-3)C(C)(C)c2cc(N(c3ccc(C#N)cc3)c3ccc(C#N)cc3)cc(C)c2-4)cc1. The van der Waals surface area contributed by atoms with Crippen molar-refractivity contribution in [3.63, 3.8) is 0 Å². The minimum Gasteiger partial charge on any atom is -0.310 e. The third kappa shape index (κ3) is 5.88. The number of anilines is 6. The Morgan fingerprint density at radius 3 is 0.983 bits per heavy atom. The maximum atomic E-state index is 9.55. The van der Waals surface area contributed by atoms with Crippen LogP contribution in [0.3, 0.4) is 0 Å². The summed E-state index contributed by atoms with van der Waals surface area (Å²) in [5.74, 6) is 0. The number of aryl methyl sites for hydroxylation is 3. The van der Waals surface area contributed by atoms with Crippen LogP contribution in [0.15, 0.2) is 133 Å². The second-order valence-electron chi connectivity index (χ2n) is 17.0. The van der Waals surface area contributed by atoms with Crippen molar-refractivity contribution in [1.82, 2.24) is 0 Å². The van der Waals surface area contributed by atoms with Gasteiger partial charge in [0.2, 0.25) is 0 Å². The Labute approximate surface area is 347 Å². The van der Waals surface area contributed by atoms with Gasteiger partial charge in [-0.05, 0) is 198 Å². The number of hydrogen-bond donors (Lipinski definition) is 0. The van der Waals surface area contributed by atoms with Gasteiger partial charge < -0.3 is 9.80 Å². The van der Waals surface area contributed by atoms with Crippen molar-refractivity contribution in [2.24, 2.45) is 0 Å². The summed E-state index contributed by atoms with van der Waals surface area (Å²) < 4.78 is 0. The van der Waals surface area contributed by atoms with E-state index in [9.17, 15) is 15.8 Å². The van der Waals surface area contributed by atoms with Gasteiger partial charge in [0.05, 0.1) is 34.9 Å². The molecule has 0 heterocycles. The van der Waals surface area contributed by atoms with Crippen LogP contribution >= 0.6 is 0 Å². The largest absolute Gasteiger partial charge is 0.310 e. The Bertz CT molecular complexity index is 2910. The third-order valence-corrected chi connectivity index (χ3v) is 12.6. The van der Waals surface area contributed by atoms with Crippen LogP contribution in [-0.2, 0) is 10.8 Å². The van der Waals surface area contributed by atoms with E-state index >= 15 is 0 Å². The normalized spacial score (nSPS) is 13.6. The molecule has 5 nitrogen and oxygen atoms in total. The zero-order valence-electron chi connectivity index (χ0n) is 34.4. The molecular formula is C54H43N5. The summed E-state index contributed by atoms with van der Waals surface area (Å²) in [6, 6.07) is 52.8. The highest BCUT2D eigenvalue weighted by atomic mass is 15.1. The molecular weight excluding hydrogens is 719 g/mol. The van der Waals surface area contributed by atoms with Crippen molar-refractivity contribution in [1.29, 1.82) is 15.8 Å². The highest BCUT2D eigenvalue weighted by Gasteiger charge is 2.43. The minimum absolute atomic E-state index is 0.271. The molecule has 0 unspecified atom stereocenters. The van der Waals surface area contributed by atoms with Crippen molar-refractivity contribution in [3.05, 3.63) is 189 Å². The summed E-state index contributed by atoms with van der Waals surface area (Å²) in [6.07, 6.45) is 0. The zero-order chi connectivity index (χ0) is 41.4. The Kier molecular flexibility index (Phi) is 8.59. The van der Waals surface area contributed by atoms with E-state index < -0.39 is 0 Å². The van der Waals surface area contributed by atoms with Crippen LogP contribution in [0.2, 0.25) is 0 Å². The summed E-state index contributed by atoms with van der Waals surface area (Å²) in [4.78, 5) is 4.51. The lowest BCUT2D eigenvalue weighted by Crippen LogP contribution is -2.18. The van der Waals surface area contributed by atoms with E-state index in [1.165, 1.54) is 61.2 Å². The van der Waals surface area contributed by atoms with Crippen molar-refractivity contribution in [2.75, 3.05) is 9.80 Å². The number of nitriles is 3. The Hall–Kier alpha value is -7.39. The zero-order valence-corrected chi connectivity index (χ0v) is 34.4. The highest BCUT2D eigenvalue weighted by Crippen LogP contribution is 2.59. The predicted molar refractivity (Wildman–Crippen MR) is 239 cm³/mol. The van der Waals surface area contributed by atoms with Crippen LogP contribution in [0.25, 0.3) is 22.3 Å². The quantitative estimate of drug-likeness (QED) is 0.169. The average molecular weight is 762 g/mol. The fourth-order valence-corrected chi connectivity index (χ4v) is 9.48. The van der Waals surface area contributed by atoms with E-state index in [1.54, 1.807) is 0 Å². The summed E-state index contributed by atoms with van der Waals surface area (Å²) in [6.45, 7) is 16.0. The maximum Gasteiger partial charge on any atom is 0.0991 e. The van der Waals surface area contributed by atoms with Gasteiger partial charge in [-0.2, -0.15) is 15.8 Å². The molecule has 0 fully saturated rings. The third-order valence-electron chi connectivity index (χ3n) is 12.6. The first-order chi connectivity index (χ1) is 28.3. The smallest absolute Gasteiger partial charge is 0.0991 e. The molecule has 0 saturated heterocycles. The Balaban J connectivity index is 1.17. The molecule has 5 heteroatoms. The second kappa shape index (κ2) is 13.6. The molecule has 7 aromatic rings. The van der Waals surface area contributed by atoms with Gasteiger partial charge in [0.25, 0.3) is 0 Å². The van der Waals surface area contributed by atoms with Crippen LogP contribution in [0.5, 0.6) is 0 Å². The molecule has 7 aromatic carbocycles. The summed E-state index contributed by atoms with van der Waals surface area (Å²) in [5.41, 5.74) is 21.4. The van der Waals surface area contributed by atoms with Gasteiger partial charge in [-0.1, -0.05) is 45.4 Å². The molecule has 0 radical (unpaired) electrons. The van der Waals surface area contributed by atoms with Gasteiger partial charge in [0.1, 0.15) is 0 Å². The van der Waals surface area contributed by atoms with E-state index in [1.807, 2.05) is 72.8 Å². The first-order valence-corrected chi connectivity index (χ1v) is 20.0. The molecule has 0 aliphatic heterocycles. The van der Waals surface area contributed by atoms with Crippen LogP contribution in [0.1, 0.15) is 83.3 Å². The number of fused-ring (bicyclic) bond motifs is 6. The number of nitrogens with zero attached hydrogens (tertiary/aromatic N) is 5. The van der Waals surface area contributed by atoms with Crippen LogP contribution < -0.4 is 9.80 Å². The van der Waals surface area contributed by atoms with E-state index in [4.69, 9.17) is 0 Å². The van der Waals surface area contributed by atoms with Gasteiger partial charge in [-0.15, -0.1) is 0 Å². The number of rotatable bonds is 6. The molecule has 2 aliphatic carbocycles. The first kappa shape index (κ1) is 37.2. The van der Waals surface area contributed by atoms with Crippen molar-refractivity contribution in [3.8, 4) is 40.5 Å². The second-order valence-corrected chi connectivity index (χ2v) is 17.0. The molecule has 0 saturated carbocycles. The lowest BCUT2D eigenvalue weighted by Gasteiger charge is -2.29. The average Bonchev–Trinajstić information content (AvgIpc) is 3.60. The van der Waals surface area contributed by atoms with Gasteiger partial charge >= 0.3 is 0 Å². The first-order valence-electron chi connectivity index (χ1n) is 20.0. The molecule has 9 rings (SSSR count). The van der Waals surface area contributed by atoms with E-state index in [-0.39, 0.29) is 10.8 Å². The summed E-state index contributed by atoms with van der Waals surface area (Å²) in [5, 5.41) is 28.6. The molecule has 0 atom stereocenters. The lowest BCUT2D eigenvalue weighted by atomic mass is 9.79. The Morgan fingerprint density at radius 1 is 0.373 bits per heavy atom. The van der Waals surface area contributed by atoms with Crippen molar-refractivity contribution in [2.45, 2.75) is 59.3 Å². The molecule has 0 bridgehead atoms. The molecule has 0 amide bonds. The van der Waals surface area contributed by atoms with Gasteiger partial charge in [-0.25, -0.2) is 0 Å². The summed E-state index contributed by atoms with van der Waals surface area (Å²) >= 11 is 0. The molecule has 0 spiro atoms. The predicted octanol–water partition coefficient (Wildman–Crippen LogP) is 13.8. The molecule has 0 aromatic heterocycles. The molecule has 284 valence electrons. The topological polar surface area (TPSA) is 77.8 Å². The fraction of sp³-hybridized carbons (Fsp3) is 0.167. The van der Waals surface area contributed by atoms with Crippen LogP contribution in [0.4, 0.5) is 34.1 Å². The standard InChI is InChI=1S/C54H43N5/c1-33-8-16-39(17-9-33)58(40-18-10-36(30-55)11-19-40)43-24-34(2)51-45-28-48-46(29-47(45)53(4,5)49(51)26-43)52-35(3)25-44(27-50(52)54(48,6)7)59(41-20-12-37(31-56)13-21-41)42-22-14-38(32-57)15-23-42/h8-29H,1-7H3. The summed E-state index contributed by atoms with van der Waals surface area (Å²) in [7, 11) is 0. The molecule has 2 aliphatic rings. The monoisotopic (exact) mass is 761 g/mol. The Morgan fingerprint density at radius 2 is 0.678 bits per heavy atom. The van der Waals surface area contributed by atoms with E-state index in [2.05, 4.69) is 137 Å². The van der Waals surface area contributed by atoms with Gasteiger partial charge in [-0.3, -0.25) is 0 Å². The van der Waals surface area contributed by atoms with E-state index in [0.717, 1.165) is 34.1 Å². The van der Waals surface area contributed by atoms with Gasteiger partial charge in [0.15, 0.2) is 0 Å². The fourth-order valence-electron chi connectivity index (χ4n) is 9.48. The minimum atomic E-state index is -0.292. The highest BCUT2D eigenvalue weighted by molar-refractivity contribution is 5.94. The van der Waals surface area contributed by atoms with Crippen molar-refractivity contribution >= 4 is 34.1 Å². The maximum absolute atomic E-state index is 9.55. The number of hydrogen-bond acceptors (Lipinski definition) is 5. The molecule has 59 heavy (non-hydrogen) atoms. The van der Waals surface area contributed by atoms with Crippen molar-refractivity contribution < 1.29 is 0 Å². The van der Waals surface area contributed by atoms with Gasteiger partial charge in [0, 0.05) is 45.0 Å². The van der Waals surface area contributed by atoms with E-state index in [0.29, 0.717) is 16.7 Å². The van der Waals surface area contributed by atoms with Crippen LogP contribution in [-0.4, -0.2) is 0 Å². The molecule has 0 N–H and O–H groups in total. The van der Waals surface area contributed by atoms with Crippen LogP contribution in [0, 0.1) is 54.8 Å².